The van der Waals surface area contributed by atoms with E-state index in [2.05, 4.69) is 16.8 Å². The standard InChI is InChI=1S/C13H20N4/c1-2-17(10-5-3-4-6-10)11-7-8-12(13(14)15)16-9-11/h7-10H,2-6H2,1H3,(H3,14,15). The molecule has 0 unspecified atom stereocenters. The lowest BCUT2D eigenvalue weighted by atomic mass is 10.2. The zero-order chi connectivity index (χ0) is 12.3. The highest BCUT2D eigenvalue weighted by molar-refractivity contribution is 5.93. The Kier molecular flexibility index (Phi) is 3.61. The van der Waals surface area contributed by atoms with E-state index in [1.807, 2.05) is 18.3 Å². The summed E-state index contributed by atoms with van der Waals surface area (Å²) in [5.41, 5.74) is 7.10. The van der Waals surface area contributed by atoms with Gasteiger partial charge >= 0.3 is 0 Å². The van der Waals surface area contributed by atoms with Crippen LogP contribution in [0, 0.1) is 5.41 Å². The van der Waals surface area contributed by atoms with Crippen molar-refractivity contribution in [2.24, 2.45) is 5.73 Å². The predicted molar refractivity (Wildman–Crippen MR) is 70.5 cm³/mol. The number of hydrogen-bond acceptors (Lipinski definition) is 3. The fourth-order valence-electron chi connectivity index (χ4n) is 2.58. The topological polar surface area (TPSA) is 66.0 Å². The minimum absolute atomic E-state index is 0.0282. The lowest BCUT2D eigenvalue weighted by Crippen LogP contribution is -2.33. The second kappa shape index (κ2) is 5.17. The summed E-state index contributed by atoms with van der Waals surface area (Å²) in [5, 5.41) is 7.33. The van der Waals surface area contributed by atoms with Crippen molar-refractivity contribution in [3.63, 3.8) is 0 Å². The van der Waals surface area contributed by atoms with Gasteiger partial charge in [-0.3, -0.25) is 10.4 Å². The molecule has 3 N–H and O–H groups in total. The second-order valence-electron chi connectivity index (χ2n) is 4.54. The summed E-state index contributed by atoms with van der Waals surface area (Å²) in [6.45, 7) is 3.18. The Morgan fingerprint density at radius 2 is 2.18 bits per heavy atom. The van der Waals surface area contributed by atoms with Crippen LogP contribution in [0.3, 0.4) is 0 Å². The van der Waals surface area contributed by atoms with Gasteiger partial charge in [0.1, 0.15) is 11.5 Å². The SMILES string of the molecule is CCN(c1ccc(C(=N)N)nc1)C1CCCC1. The lowest BCUT2D eigenvalue weighted by Gasteiger charge is -2.29. The van der Waals surface area contributed by atoms with Gasteiger partial charge in [0, 0.05) is 12.6 Å². The van der Waals surface area contributed by atoms with Gasteiger partial charge in [0.25, 0.3) is 0 Å². The van der Waals surface area contributed by atoms with Gasteiger partial charge in [-0.1, -0.05) is 12.8 Å². The highest BCUT2D eigenvalue weighted by atomic mass is 15.2. The molecule has 1 heterocycles. The summed E-state index contributed by atoms with van der Waals surface area (Å²) in [7, 11) is 0. The lowest BCUT2D eigenvalue weighted by molar-refractivity contribution is 0.619. The molecule has 0 bridgehead atoms. The number of rotatable bonds is 4. The van der Waals surface area contributed by atoms with E-state index in [0.29, 0.717) is 11.7 Å². The van der Waals surface area contributed by atoms with Crippen LogP contribution in [-0.2, 0) is 0 Å². The first-order valence-corrected chi connectivity index (χ1v) is 6.29. The van der Waals surface area contributed by atoms with Gasteiger partial charge in [-0.2, -0.15) is 0 Å². The minimum Gasteiger partial charge on any atom is -0.382 e. The van der Waals surface area contributed by atoms with E-state index in [4.69, 9.17) is 11.1 Å². The first-order valence-electron chi connectivity index (χ1n) is 6.29. The first-order chi connectivity index (χ1) is 8.22. The molecular weight excluding hydrogens is 212 g/mol. The first kappa shape index (κ1) is 11.9. The van der Waals surface area contributed by atoms with E-state index in [1.165, 1.54) is 25.7 Å². The number of nitrogens with two attached hydrogens (primary N) is 1. The van der Waals surface area contributed by atoms with E-state index in [1.54, 1.807) is 0 Å². The largest absolute Gasteiger partial charge is 0.382 e. The average molecular weight is 232 g/mol. The fraction of sp³-hybridized carbons (Fsp3) is 0.538. The van der Waals surface area contributed by atoms with E-state index in [0.717, 1.165) is 12.2 Å². The Morgan fingerprint density at radius 3 is 2.65 bits per heavy atom. The minimum atomic E-state index is 0.0282. The van der Waals surface area contributed by atoms with Gasteiger partial charge < -0.3 is 10.6 Å². The van der Waals surface area contributed by atoms with E-state index >= 15 is 0 Å². The van der Waals surface area contributed by atoms with Crippen LogP contribution < -0.4 is 10.6 Å². The normalized spacial score (nSPS) is 16.1. The Labute approximate surface area is 102 Å². The third-order valence-electron chi connectivity index (χ3n) is 3.46. The molecule has 0 aromatic carbocycles. The van der Waals surface area contributed by atoms with Gasteiger partial charge in [0.15, 0.2) is 0 Å². The van der Waals surface area contributed by atoms with Crippen molar-refractivity contribution in [1.29, 1.82) is 5.41 Å². The highest BCUT2D eigenvalue weighted by Crippen LogP contribution is 2.27. The molecular formula is C13H20N4. The Morgan fingerprint density at radius 1 is 1.47 bits per heavy atom. The molecule has 0 radical (unpaired) electrons. The molecule has 0 atom stereocenters. The molecule has 1 saturated carbocycles. The van der Waals surface area contributed by atoms with Crippen LogP contribution in [0.1, 0.15) is 38.3 Å². The summed E-state index contributed by atoms with van der Waals surface area (Å²) in [6.07, 6.45) is 7.06. The molecule has 92 valence electrons. The maximum Gasteiger partial charge on any atom is 0.141 e. The number of aromatic nitrogens is 1. The van der Waals surface area contributed by atoms with Crippen LogP contribution >= 0.6 is 0 Å². The van der Waals surface area contributed by atoms with Gasteiger partial charge in [0.05, 0.1) is 11.9 Å². The third kappa shape index (κ3) is 2.57. The van der Waals surface area contributed by atoms with Gasteiger partial charge in [-0.15, -0.1) is 0 Å². The van der Waals surface area contributed by atoms with Crippen LogP contribution in [0.5, 0.6) is 0 Å². The Bertz CT molecular complexity index is 379. The Balaban J connectivity index is 2.16. The number of nitrogens with zero attached hydrogens (tertiary/aromatic N) is 2. The molecule has 1 aromatic rings. The third-order valence-corrected chi connectivity index (χ3v) is 3.46. The van der Waals surface area contributed by atoms with Crippen LogP contribution in [0.2, 0.25) is 0 Å². The molecule has 0 aliphatic heterocycles. The van der Waals surface area contributed by atoms with Gasteiger partial charge in [0.2, 0.25) is 0 Å². The van der Waals surface area contributed by atoms with Crippen molar-refractivity contribution in [3.05, 3.63) is 24.0 Å². The zero-order valence-corrected chi connectivity index (χ0v) is 10.3. The molecule has 2 rings (SSSR count). The van der Waals surface area contributed by atoms with Crippen molar-refractivity contribution in [3.8, 4) is 0 Å². The fourth-order valence-corrected chi connectivity index (χ4v) is 2.58. The van der Waals surface area contributed by atoms with Crippen LogP contribution in [0.15, 0.2) is 18.3 Å². The quantitative estimate of drug-likeness (QED) is 0.617. The van der Waals surface area contributed by atoms with Crippen molar-refractivity contribution < 1.29 is 0 Å². The number of nitrogen functional groups attached to an aromatic ring is 1. The Hall–Kier alpha value is -1.58. The highest BCUT2D eigenvalue weighted by Gasteiger charge is 2.21. The monoisotopic (exact) mass is 232 g/mol. The average Bonchev–Trinajstić information content (AvgIpc) is 2.84. The second-order valence-corrected chi connectivity index (χ2v) is 4.54. The molecule has 1 aliphatic rings. The molecule has 4 heteroatoms. The molecule has 4 nitrogen and oxygen atoms in total. The molecule has 0 amide bonds. The summed E-state index contributed by atoms with van der Waals surface area (Å²) < 4.78 is 0. The predicted octanol–water partition coefficient (Wildman–Crippen LogP) is 2.13. The molecule has 0 saturated heterocycles. The van der Waals surface area contributed by atoms with Crippen molar-refractivity contribution in [2.45, 2.75) is 38.6 Å². The molecule has 1 aliphatic carbocycles. The number of amidine groups is 1. The van der Waals surface area contributed by atoms with E-state index in [-0.39, 0.29) is 5.84 Å². The molecule has 1 aromatic heterocycles. The number of hydrogen-bond donors (Lipinski definition) is 2. The van der Waals surface area contributed by atoms with Crippen LogP contribution in [0.4, 0.5) is 5.69 Å². The van der Waals surface area contributed by atoms with Crippen molar-refractivity contribution in [2.75, 3.05) is 11.4 Å². The number of nitrogens with one attached hydrogen (secondary N) is 1. The van der Waals surface area contributed by atoms with Crippen LogP contribution in [0.25, 0.3) is 0 Å². The summed E-state index contributed by atoms with van der Waals surface area (Å²) in [6, 6.07) is 4.51. The van der Waals surface area contributed by atoms with Crippen molar-refractivity contribution in [1.82, 2.24) is 4.98 Å². The van der Waals surface area contributed by atoms with Gasteiger partial charge in [-0.25, -0.2) is 0 Å². The zero-order valence-electron chi connectivity index (χ0n) is 10.3. The summed E-state index contributed by atoms with van der Waals surface area (Å²) >= 11 is 0. The van der Waals surface area contributed by atoms with Crippen LogP contribution in [-0.4, -0.2) is 23.4 Å². The molecule has 1 fully saturated rings. The number of anilines is 1. The van der Waals surface area contributed by atoms with E-state index in [9.17, 15) is 0 Å². The summed E-state index contributed by atoms with van der Waals surface area (Å²) in [4.78, 5) is 6.63. The van der Waals surface area contributed by atoms with Gasteiger partial charge in [-0.05, 0) is 31.9 Å². The smallest absolute Gasteiger partial charge is 0.141 e. The maximum absolute atomic E-state index is 7.33. The molecule has 0 spiro atoms. The molecule has 17 heavy (non-hydrogen) atoms. The maximum atomic E-state index is 7.33. The summed E-state index contributed by atoms with van der Waals surface area (Å²) in [5.74, 6) is 0.0282. The van der Waals surface area contributed by atoms with E-state index < -0.39 is 0 Å². The van der Waals surface area contributed by atoms with Crippen molar-refractivity contribution >= 4 is 11.5 Å². The number of pyridine rings is 1.